The van der Waals surface area contributed by atoms with E-state index in [1.54, 1.807) is 0 Å². The average Bonchev–Trinajstić information content (AvgIpc) is 2.77. The first-order valence-electron chi connectivity index (χ1n) is 10.3. The maximum atomic E-state index is 10.6. The fourth-order valence-electron chi connectivity index (χ4n) is 2.97. The molecule has 2 aromatic rings. The van der Waals surface area contributed by atoms with Crippen molar-refractivity contribution < 1.29 is 14.6 Å². The highest BCUT2D eigenvalue weighted by molar-refractivity contribution is 6.22. The van der Waals surface area contributed by atoms with Gasteiger partial charge in [0, 0.05) is 17.7 Å². The topological polar surface area (TPSA) is 72.5 Å². The number of ether oxygens (including phenoxy) is 1. The van der Waals surface area contributed by atoms with Gasteiger partial charge in [0.25, 0.3) is 0 Å². The van der Waals surface area contributed by atoms with E-state index in [0.717, 1.165) is 41.4 Å². The number of unbranched alkanes of at least 4 members (excludes halogenated alkanes) is 3. The summed E-state index contributed by atoms with van der Waals surface area (Å²) >= 11 is 6.64. The van der Waals surface area contributed by atoms with Crippen molar-refractivity contribution >= 4 is 29.4 Å². The molecule has 0 saturated carbocycles. The number of hydrogen-bond acceptors (Lipinski definition) is 3. The predicted octanol–water partition coefficient (Wildman–Crippen LogP) is 6.03. The molecule has 0 aliphatic heterocycles. The molecule has 5 heteroatoms. The lowest BCUT2D eigenvalue weighted by molar-refractivity contribution is -0.131. The van der Waals surface area contributed by atoms with Gasteiger partial charge in [0.1, 0.15) is 5.76 Å². The van der Waals surface area contributed by atoms with Gasteiger partial charge in [0.2, 0.25) is 0 Å². The highest BCUT2D eigenvalue weighted by atomic mass is 35.5. The van der Waals surface area contributed by atoms with Crippen molar-refractivity contribution in [2.45, 2.75) is 44.0 Å². The van der Waals surface area contributed by atoms with Crippen LogP contribution in [0.4, 0.5) is 0 Å². The minimum atomic E-state index is -0.982. The van der Waals surface area contributed by atoms with Crippen LogP contribution in [0, 0.1) is 0 Å². The van der Waals surface area contributed by atoms with Crippen LogP contribution in [0.25, 0.3) is 11.8 Å². The molecule has 2 atom stereocenters. The number of carboxylic acids is 1. The number of carbonyl (C=O) groups is 1. The maximum Gasteiger partial charge on any atom is 0.328 e. The van der Waals surface area contributed by atoms with Crippen LogP contribution in [0.1, 0.15) is 55.3 Å². The van der Waals surface area contributed by atoms with Crippen LogP contribution >= 0.6 is 11.6 Å². The van der Waals surface area contributed by atoms with Crippen molar-refractivity contribution in [2.75, 3.05) is 6.61 Å². The predicted molar refractivity (Wildman–Crippen MR) is 124 cm³/mol. The number of carboxylic acid groups (broad SMARTS) is 1. The Balaban J connectivity index is 2.10. The molecule has 0 aliphatic carbocycles. The third-order valence-corrected chi connectivity index (χ3v) is 5.10. The summed E-state index contributed by atoms with van der Waals surface area (Å²) in [7, 11) is 0. The summed E-state index contributed by atoms with van der Waals surface area (Å²) in [4.78, 5) is 10.6. The van der Waals surface area contributed by atoms with Crippen LogP contribution in [0.5, 0.6) is 0 Å². The lowest BCUT2D eigenvalue weighted by Gasteiger charge is -2.18. The molecule has 0 heterocycles. The van der Waals surface area contributed by atoms with Gasteiger partial charge < -0.3 is 15.6 Å². The quantitative estimate of drug-likeness (QED) is 0.188. The summed E-state index contributed by atoms with van der Waals surface area (Å²) in [5.41, 5.74) is 9.02. The second-order valence-electron chi connectivity index (χ2n) is 7.11. The summed E-state index contributed by atoms with van der Waals surface area (Å²) in [6.45, 7) is 2.83. The highest BCUT2D eigenvalue weighted by Gasteiger charge is 2.17. The Kier molecular flexibility index (Phi) is 10.2. The van der Waals surface area contributed by atoms with E-state index in [2.05, 4.69) is 6.92 Å². The van der Waals surface area contributed by atoms with Crippen LogP contribution in [0.15, 0.2) is 66.7 Å². The molecule has 0 aromatic heterocycles. The summed E-state index contributed by atoms with van der Waals surface area (Å²) in [6.07, 6.45) is 9.05. The fraction of sp³-hybridized carbons (Fsp3) is 0.320. The van der Waals surface area contributed by atoms with Gasteiger partial charge in [-0.25, -0.2) is 4.79 Å². The highest BCUT2D eigenvalue weighted by Crippen LogP contribution is 2.25. The van der Waals surface area contributed by atoms with Gasteiger partial charge >= 0.3 is 5.97 Å². The van der Waals surface area contributed by atoms with E-state index in [1.165, 1.54) is 18.9 Å². The molecule has 3 N–H and O–H groups in total. The molecule has 4 nitrogen and oxygen atoms in total. The number of halogens is 1. The number of benzene rings is 2. The van der Waals surface area contributed by atoms with Crippen molar-refractivity contribution in [1.82, 2.24) is 0 Å². The second kappa shape index (κ2) is 12.9. The molecular formula is C25H30ClNO3. The maximum absolute atomic E-state index is 10.6. The number of aliphatic carboxylic acids is 1. The zero-order valence-corrected chi connectivity index (χ0v) is 18.1. The van der Waals surface area contributed by atoms with E-state index in [4.69, 9.17) is 27.2 Å². The summed E-state index contributed by atoms with van der Waals surface area (Å²) < 4.78 is 6.06. The van der Waals surface area contributed by atoms with Crippen LogP contribution < -0.4 is 5.73 Å². The Labute approximate surface area is 184 Å². The van der Waals surface area contributed by atoms with Gasteiger partial charge in [-0.05, 0) is 29.7 Å². The SMILES string of the molecule is CCCCCCOC(=CC(Cl)C(N)c1ccc(C=CC(=O)O)cc1)c1ccccc1. The molecule has 2 unspecified atom stereocenters. The third-order valence-electron chi connectivity index (χ3n) is 4.71. The number of hydrogen-bond donors (Lipinski definition) is 2. The number of nitrogens with two attached hydrogens (primary N) is 1. The average molecular weight is 428 g/mol. The summed E-state index contributed by atoms with van der Waals surface area (Å²) in [5, 5.41) is 8.27. The Morgan fingerprint density at radius 3 is 2.43 bits per heavy atom. The molecule has 0 spiro atoms. The fourth-order valence-corrected chi connectivity index (χ4v) is 3.23. The Morgan fingerprint density at radius 2 is 1.80 bits per heavy atom. The zero-order chi connectivity index (χ0) is 21.8. The standard InChI is InChI=1S/C25H30ClNO3/c1-2-3-4-8-17-30-23(20-9-6-5-7-10-20)18-22(26)25(27)21-14-11-19(12-15-21)13-16-24(28)29/h5-7,9-16,18,22,25H,2-4,8,17,27H2,1H3,(H,28,29). The number of rotatable bonds is 12. The monoisotopic (exact) mass is 427 g/mol. The van der Waals surface area contributed by atoms with Gasteiger partial charge in [-0.1, -0.05) is 80.8 Å². The van der Waals surface area contributed by atoms with Crippen molar-refractivity contribution in [3.63, 3.8) is 0 Å². The van der Waals surface area contributed by atoms with Crippen molar-refractivity contribution in [2.24, 2.45) is 5.73 Å². The van der Waals surface area contributed by atoms with E-state index < -0.39 is 17.4 Å². The van der Waals surface area contributed by atoms with Crippen LogP contribution in [0.3, 0.4) is 0 Å². The van der Waals surface area contributed by atoms with Gasteiger partial charge in [0.15, 0.2) is 0 Å². The molecule has 0 fully saturated rings. The molecule has 30 heavy (non-hydrogen) atoms. The van der Waals surface area contributed by atoms with Gasteiger partial charge in [-0.2, -0.15) is 0 Å². The molecule has 2 aromatic carbocycles. The van der Waals surface area contributed by atoms with Gasteiger partial charge in [-0.3, -0.25) is 0 Å². The first kappa shape index (κ1) is 23.7. The minimum Gasteiger partial charge on any atom is -0.493 e. The Morgan fingerprint density at radius 1 is 1.10 bits per heavy atom. The molecule has 0 saturated heterocycles. The zero-order valence-electron chi connectivity index (χ0n) is 17.3. The van der Waals surface area contributed by atoms with Crippen LogP contribution in [-0.4, -0.2) is 23.1 Å². The lowest BCUT2D eigenvalue weighted by atomic mass is 10.0. The molecule has 0 radical (unpaired) electrons. The van der Waals surface area contributed by atoms with Crippen LogP contribution in [-0.2, 0) is 9.53 Å². The van der Waals surface area contributed by atoms with E-state index in [0.29, 0.717) is 6.61 Å². The summed E-state index contributed by atoms with van der Waals surface area (Å²) in [5.74, 6) is -0.242. The first-order valence-corrected chi connectivity index (χ1v) is 10.8. The normalized spacial score (nSPS) is 13.9. The molecule has 0 aliphatic rings. The van der Waals surface area contributed by atoms with E-state index in [9.17, 15) is 4.79 Å². The molecular weight excluding hydrogens is 398 g/mol. The molecule has 0 amide bonds. The largest absolute Gasteiger partial charge is 0.493 e. The summed E-state index contributed by atoms with van der Waals surface area (Å²) in [6, 6.07) is 16.8. The smallest absolute Gasteiger partial charge is 0.328 e. The van der Waals surface area contributed by atoms with Crippen molar-refractivity contribution in [3.8, 4) is 0 Å². The third kappa shape index (κ3) is 8.05. The van der Waals surface area contributed by atoms with Crippen molar-refractivity contribution in [3.05, 3.63) is 83.4 Å². The van der Waals surface area contributed by atoms with Gasteiger partial charge in [-0.15, -0.1) is 11.6 Å². The van der Waals surface area contributed by atoms with E-state index in [1.807, 2.05) is 60.7 Å². The number of alkyl halides is 1. The molecule has 160 valence electrons. The molecule has 2 rings (SSSR count). The lowest BCUT2D eigenvalue weighted by Crippen LogP contribution is -2.20. The van der Waals surface area contributed by atoms with Gasteiger partial charge in [0.05, 0.1) is 12.0 Å². The Hall–Kier alpha value is -2.56. The minimum absolute atomic E-state index is 0.424. The second-order valence-corrected chi connectivity index (χ2v) is 7.62. The van der Waals surface area contributed by atoms with Crippen molar-refractivity contribution in [1.29, 1.82) is 0 Å². The molecule has 0 bridgehead atoms. The Bertz CT molecular complexity index is 831. The van der Waals surface area contributed by atoms with E-state index in [-0.39, 0.29) is 0 Å². The van der Waals surface area contributed by atoms with E-state index >= 15 is 0 Å². The first-order chi connectivity index (χ1) is 14.5. The van der Waals surface area contributed by atoms with Crippen LogP contribution in [0.2, 0.25) is 0 Å².